The van der Waals surface area contributed by atoms with Gasteiger partial charge in [0.1, 0.15) is 12.4 Å². The summed E-state index contributed by atoms with van der Waals surface area (Å²) >= 11 is 7.04. The monoisotopic (exact) mass is 538 g/mol. The van der Waals surface area contributed by atoms with Gasteiger partial charge >= 0.3 is 0 Å². The van der Waals surface area contributed by atoms with Crippen molar-refractivity contribution in [2.45, 2.75) is 20.3 Å². The van der Waals surface area contributed by atoms with Crippen molar-refractivity contribution in [2.24, 2.45) is 0 Å². The number of carbonyl (C=O) groups excluding carboxylic acids is 1. The first-order chi connectivity index (χ1) is 17.9. The van der Waals surface area contributed by atoms with Crippen LogP contribution in [-0.4, -0.2) is 44.3 Å². The smallest absolute Gasteiger partial charge is 0.214 e. The number of aromatic amines is 1. The lowest BCUT2D eigenvalue weighted by Gasteiger charge is -2.10. The van der Waals surface area contributed by atoms with E-state index in [1.807, 2.05) is 62.6 Å². The first-order valence-corrected chi connectivity index (χ1v) is 13.4. The van der Waals surface area contributed by atoms with Crippen molar-refractivity contribution in [3.63, 3.8) is 0 Å². The van der Waals surface area contributed by atoms with Gasteiger partial charge in [-0.3, -0.25) is 4.79 Å². The number of aryl methyl sites for hydroxylation is 1. The number of ether oxygens (including phenoxy) is 1. The number of nitrogen functional groups attached to an aromatic ring is 1. The molecular weight excluding hydrogens is 508 g/mol. The van der Waals surface area contributed by atoms with Crippen molar-refractivity contribution in [1.82, 2.24) is 24.5 Å². The summed E-state index contributed by atoms with van der Waals surface area (Å²) in [5.74, 6) is 0.916. The van der Waals surface area contributed by atoms with Gasteiger partial charge < -0.3 is 20.2 Å². The Hall–Kier alpha value is -3.69. The summed E-state index contributed by atoms with van der Waals surface area (Å²) in [6.45, 7) is 8.30. The minimum absolute atomic E-state index is 0.229. The lowest BCUT2D eigenvalue weighted by atomic mass is 10.1. The number of hydrogen-bond acceptors (Lipinski definition) is 7. The highest BCUT2D eigenvalue weighted by Gasteiger charge is 2.20. The Morgan fingerprint density at radius 3 is 2.81 bits per heavy atom. The van der Waals surface area contributed by atoms with Gasteiger partial charge in [-0.25, -0.2) is 9.67 Å². The van der Waals surface area contributed by atoms with E-state index in [0.29, 0.717) is 35.3 Å². The standard InChI is InChI=1S/C27H31ClN6O2S/c1-5-10-20-15-23(32-22(20)14-19(3)33-37-4)26(35)21-16-31-34(27(21)29)24-17-30-25(13-18(24)2)36-12-9-7-6-8-11-28/h6-10,13-17,32-33H,3,5,11-12,29H2,1-2,4H3/b8-6-,9-7-,20-10-,22-14+. The minimum Gasteiger partial charge on any atom is -0.473 e. The van der Waals surface area contributed by atoms with Crippen LogP contribution in [0.15, 0.2) is 61.1 Å². The van der Waals surface area contributed by atoms with Crippen LogP contribution in [0.3, 0.4) is 0 Å². The van der Waals surface area contributed by atoms with E-state index in [-0.39, 0.29) is 11.6 Å². The molecule has 0 fully saturated rings. The topological polar surface area (TPSA) is 111 Å². The number of hydrogen-bond donors (Lipinski definition) is 3. The molecule has 10 heteroatoms. The molecule has 0 spiro atoms. The maximum atomic E-state index is 13.4. The van der Waals surface area contributed by atoms with Crippen molar-refractivity contribution in [1.29, 1.82) is 0 Å². The number of halogens is 1. The first-order valence-electron chi connectivity index (χ1n) is 11.6. The molecule has 0 radical (unpaired) electrons. The number of nitrogens with two attached hydrogens (primary N) is 1. The number of pyridine rings is 1. The highest BCUT2D eigenvalue weighted by atomic mass is 35.5. The molecular formula is C27H31ClN6O2S. The molecule has 4 N–H and O–H groups in total. The Labute approximate surface area is 225 Å². The molecule has 0 aliphatic carbocycles. The van der Waals surface area contributed by atoms with E-state index in [0.717, 1.165) is 28.2 Å². The Bertz CT molecular complexity index is 1440. The molecule has 0 atom stereocenters. The van der Waals surface area contributed by atoms with Crippen molar-refractivity contribution in [2.75, 3.05) is 24.5 Å². The summed E-state index contributed by atoms with van der Waals surface area (Å²) in [7, 11) is 0. The summed E-state index contributed by atoms with van der Waals surface area (Å²) in [6, 6.07) is 3.62. The normalized spacial score (nSPS) is 12.6. The summed E-state index contributed by atoms with van der Waals surface area (Å²) in [5, 5.41) is 6.08. The third kappa shape index (κ3) is 7.18. The number of allylic oxidation sites excluding steroid dienone is 4. The Balaban J connectivity index is 1.85. The van der Waals surface area contributed by atoms with E-state index in [1.165, 1.54) is 22.8 Å². The summed E-state index contributed by atoms with van der Waals surface area (Å²) in [4.78, 5) is 20.9. The average Bonchev–Trinajstić information content (AvgIpc) is 3.44. The molecule has 0 aliphatic heterocycles. The van der Waals surface area contributed by atoms with Crippen LogP contribution in [0.5, 0.6) is 5.88 Å². The molecule has 0 saturated heterocycles. The van der Waals surface area contributed by atoms with Crippen molar-refractivity contribution >= 4 is 47.3 Å². The SMILES string of the molecule is C=C(/C=c1/[nH]c(C(=O)c2cnn(-c3cnc(OC/C=C\C=C/CCl)cc3C)c2N)c/c1=C/CC)NSC. The van der Waals surface area contributed by atoms with Gasteiger partial charge in [0.15, 0.2) is 0 Å². The van der Waals surface area contributed by atoms with Crippen molar-refractivity contribution < 1.29 is 9.53 Å². The van der Waals surface area contributed by atoms with E-state index in [1.54, 1.807) is 12.3 Å². The third-order valence-electron chi connectivity index (χ3n) is 5.24. The Kier molecular flexibility index (Phi) is 10.2. The maximum absolute atomic E-state index is 13.4. The van der Waals surface area contributed by atoms with Crippen molar-refractivity contribution in [3.8, 4) is 11.6 Å². The number of anilines is 1. The molecule has 0 aliphatic rings. The molecule has 0 bridgehead atoms. The maximum Gasteiger partial charge on any atom is 0.214 e. The highest BCUT2D eigenvalue weighted by Crippen LogP contribution is 2.23. The number of nitrogens with zero attached hydrogens (tertiary/aromatic N) is 3. The summed E-state index contributed by atoms with van der Waals surface area (Å²) in [6.07, 6.45) is 17.2. The lowest BCUT2D eigenvalue weighted by molar-refractivity contribution is 0.103. The average molecular weight is 539 g/mol. The molecule has 3 rings (SSSR count). The fraction of sp³-hybridized carbons (Fsp3) is 0.222. The Morgan fingerprint density at radius 1 is 1.32 bits per heavy atom. The van der Waals surface area contributed by atoms with Crippen LogP contribution in [-0.2, 0) is 0 Å². The predicted molar refractivity (Wildman–Crippen MR) is 153 cm³/mol. The molecule has 3 aromatic rings. The summed E-state index contributed by atoms with van der Waals surface area (Å²) < 4.78 is 10.3. The zero-order valence-electron chi connectivity index (χ0n) is 21.1. The van der Waals surface area contributed by atoms with E-state index >= 15 is 0 Å². The zero-order chi connectivity index (χ0) is 26.8. The van der Waals surface area contributed by atoms with Gasteiger partial charge in [0.05, 0.1) is 29.3 Å². The molecule has 0 unspecified atom stereocenters. The molecule has 194 valence electrons. The zero-order valence-corrected chi connectivity index (χ0v) is 22.7. The molecule has 0 amide bonds. The van der Waals surface area contributed by atoms with Crippen molar-refractivity contribution in [3.05, 3.63) is 88.5 Å². The van der Waals surface area contributed by atoms with E-state index in [2.05, 4.69) is 26.4 Å². The van der Waals surface area contributed by atoms with Gasteiger partial charge in [-0.15, -0.1) is 11.6 Å². The van der Waals surface area contributed by atoms with Crippen LogP contribution in [0.1, 0.15) is 35.0 Å². The van der Waals surface area contributed by atoms with Crippen LogP contribution in [0.4, 0.5) is 5.82 Å². The van der Waals surface area contributed by atoms with Gasteiger partial charge in [-0.05, 0) is 42.3 Å². The fourth-order valence-corrected chi connectivity index (χ4v) is 3.97. The minimum atomic E-state index is -0.252. The van der Waals surface area contributed by atoms with Crippen LogP contribution in [0.2, 0.25) is 0 Å². The number of rotatable bonds is 12. The second-order valence-corrected chi connectivity index (χ2v) is 8.88. The van der Waals surface area contributed by atoms with Gasteiger partial charge in [-0.1, -0.05) is 49.8 Å². The lowest BCUT2D eigenvalue weighted by Crippen LogP contribution is -2.23. The first kappa shape index (κ1) is 27.9. The van der Waals surface area contributed by atoms with Gasteiger partial charge in [0.25, 0.3) is 0 Å². The fourth-order valence-electron chi connectivity index (χ4n) is 3.54. The number of aromatic nitrogens is 4. The third-order valence-corrected chi connectivity index (χ3v) is 5.88. The van der Waals surface area contributed by atoms with Gasteiger partial charge in [0.2, 0.25) is 11.7 Å². The molecule has 3 aromatic heterocycles. The quantitative estimate of drug-likeness (QED) is 0.139. The van der Waals surface area contributed by atoms with Crippen LogP contribution >= 0.6 is 23.5 Å². The number of carbonyl (C=O) groups is 1. The van der Waals surface area contributed by atoms with Crippen LogP contribution in [0.25, 0.3) is 17.8 Å². The van der Waals surface area contributed by atoms with Crippen LogP contribution < -0.4 is 25.8 Å². The van der Waals surface area contributed by atoms with Crippen LogP contribution in [0, 0.1) is 6.92 Å². The second-order valence-electron chi connectivity index (χ2n) is 7.96. The van der Waals surface area contributed by atoms with E-state index in [9.17, 15) is 4.79 Å². The number of alkyl halides is 1. The highest BCUT2D eigenvalue weighted by molar-refractivity contribution is 7.96. The molecule has 3 heterocycles. The van der Waals surface area contributed by atoms with E-state index < -0.39 is 0 Å². The van der Waals surface area contributed by atoms with Gasteiger partial charge in [0, 0.05) is 29.2 Å². The van der Waals surface area contributed by atoms with E-state index in [4.69, 9.17) is 22.1 Å². The number of nitrogens with one attached hydrogen (secondary N) is 2. The predicted octanol–water partition coefficient (Wildman–Crippen LogP) is 3.80. The largest absolute Gasteiger partial charge is 0.473 e. The molecule has 37 heavy (non-hydrogen) atoms. The second kappa shape index (κ2) is 13.6. The number of ketones is 1. The van der Waals surface area contributed by atoms with Gasteiger partial charge in [-0.2, -0.15) is 5.10 Å². The molecule has 0 aromatic carbocycles. The molecule has 8 nitrogen and oxygen atoms in total. The Morgan fingerprint density at radius 2 is 2.11 bits per heavy atom. The molecule has 0 saturated carbocycles. The number of H-pyrrole nitrogens is 1. The summed E-state index contributed by atoms with van der Waals surface area (Å²) in [5.41, 5.74) is 9.33.